The summed E-state index contributed by atoms with van der Waals surface area (Å²) in [5.41, 5.74) is 4.46. The molecule has 3 heterocycles. The van der Waals surface area contributed by atoms with Crippen molar-refractivity contribution >= 4 is 29.0 Å². The maximum absolute atomic E-state index is 13.4. The van der Waals surface area contributed by atoms with Gasteiger partial charge < -0.3 is 34.9 Å². The van der Waals surface area contributed by atoms with Crippen LogP contribution in [0.4, 0.5) is 21.9 Å². The van der Waals surface area contributed by atoms with Crippen LogP contribution in [0.3, 0.4) is 0 Å². The number of anilines is 3. The van der Waals surface area contributed by atoms with Crippen LogP contribution >= 0.6 is 0 Å². The lowest BCUT2D eigenvalue weighted by Gasteiger charge is -2.44. The standard InChI is InChI=1S/C35H37N5O5/c1-44-27-12-13-28(32(19-27)45-2)37-35(43)38-29-18-25(34(42)36-16-15-23-7-4-3-5-8-23)11-14-31(29)39-20-24-17-26(22-39)30-9-6-10-33(41)40(30)21-24/h3-14,18-19,24,26H,15-17,20-22H2,1-2H3,(H,36,42)(H2,37,38,43). The minimum atomic E-state index is -0.476. The summed E-state index contributed by atoms with van der Waals surface area (Å²) in [5.74, 6) is 1.29. The predicted octanol–water partition coefficient (Wildman–Crippen LogP) is 5.11. The van der Waals surface area contributed by atoms with E-state index < -0.39 is 6.03 Å². The van der Waals surface area contributed by atoms with Crippen LogP contribution in [0.5, 0.6) is 11.5 Å². The van der Waals surface area contributed by atoms with Crippen molar-refractivity contribution in [3.8, 4) is 11.5 Å². The van der Waals surface area contributed by atoms with E-state index in [0.29, 0.717) is 54.5 Å². The molecule has 2 bridgehead atoms. The minimum Gasteiger partial charge on any atom is -0.497 e. The number of hydrogen-bond donors (Lipinski definition) is 3. The number of carbonyl (C=O) groups excluding carboxylic acids is 2. The van der Waals surface area contributed by atoms with E-state index in [1.54, 1.807) is 43.5 Å². The van der Waals surface area contributed by atoms with Gasteiger partial charge in [0.2, 0.25) is 0 Å². The van der Waals surface area contributed by atoms with Crippen molar-refractivity contribution in [2.45, 2.75) is 25.3 Å². The highest BCUT2D eigenvalue weighted by molar-refractivity contribution is 6.04. The number of methoxy groups -OCH3 is 2. The fourth-order valence-corrected chi connectivity index (χ4v) is 6.39. The summed E-state index contributed by atoms with van der Waals surface area (Å²) in [5, 5.41) is 8.86. The number of nitrogens with one attached hydrogen (secondary N) is 3. The van der Waals surface area contributed by atoms with Crippen molar-refractivity contribution < 1.29 is 19.1 Å². The Kier molecular flexibility index (Phi) is 8.72. The molecule has 0 aliphatic carbocycles. The zero-order valence-corrected chi connectivity index (χ0v) is 25.4. The molecule has 3 N–H and O–H groups in total. The number of ether oxygens (including phenoxy) is 2. The quantitative estimate of drug-likeness (QED) is 0.244. The normalized spacial score (nSPS) is 16.7. The van der Waals surface area contributed by atoms with Gasteiger partial charge in [0.15, 0.2) is 0 Å². The molecule has 232 valence electrons. The van der Waals surface area contributed by atoms with Crippen LogP contribution in [0, 0.1) is 5.92 Å². The highest BCUT2D eigenvalue weighted by Gasteiger charge is 2.35. The van der Waals surface area contributed by atoms with Gasteiger partial charge in [-0.1, -0.05) is 36.4 Å². The monoisotopic (exact) mass is 607 g/mol. The Morgan fingerprint density at radius 1 is 0.844 bits per heavy atom. The maximum Gasteiger partial charge on any atom is 0.323 e. The van der Waals surface area contributed by atoms with Crippen molar-refractivity contribution in [3.05, 3.63) is 112 Å². The molecule has 2 atom stereocenters. The second kappa shape index (κ2) is 13.2. The van der Waals surface area contributed by atoms with Gasteiger partial charge in [0.1, 0.15) is 11.5 Å². The number of amides is 3. The molecule has 2 aliphatic heterocycles. The third kappa shape index (κ3) is 6.64. The van der Waals surface area contributed by atoms with E-state index in [9.17, 15) is 14.4 Å². The van der Waals surface area contributed by atoms with Gasteiger partial charge in [0.05, 0.1) is 31.3 Å². The largest absolute Gasteiger partial charge is 0.497 e. The van der Waals surface area contributed by atoms with Gasteiger partial charge in [-0.2, -0.15) is 0 Å². The van der Waals surface area contributed by atoms with E-state index in [1.165, 1.54) is 7.11 Å². The molecular formula is C35H37N5O5. The van der Waals surface area contributed by atoms with Gasteiger partial charge in [-0.05, 0) is 60.7 Å². The first-order chi connectivity index (χ1) is 21.9. The summed E-state index contributed by atoms with van der Waals surface area (Å²) >= 11 is 0. The first kappa shape index (κ1) is 29.8. The number of carbonyl (C=O) groups is 2. The topological polar surface area (TPSA) is 114 Å². The highest BCUT2D eigenvalue weighted by Crippen LogP contribution is 2.39. The summed E-state index contributed by atoms with van der Waals surface area (Å²) in [6.45, 7) is 2.55. The van der Waals surface area contributed by atoms with Gasteiger partial charge in [-0.3, -0.25) is 9.59 Å². The molecule has 0 spiro atoms. The van der Waals surface area contributed by atoms with Crippen molar-refractivity contribution in [1.29, 1.82) is 0 Å². The van der Waals surface area contributed by atoms with E-state index in [-0.39, 0.29) is 23.3 Å². The minimum absolute atomic E-state index is 0.0336. The number of benzene rings is 3. The number of piperidine rings is 1. The average Bonchev–Trinajstić information content (AvgIpc) is 3.05. The van der Waals surface area contributed by atoms with Gasteiger partial charge in [0, 0.05) is 55.5 Å². The lowest BCUT2D eigenvalue weighted by molar-refractivity contribution is 0.0954. The molecule has 1 fully saturated rings. The molecule has 1 saturated heterocycles. The van der Waals surface area contributed by atoms with E-state index >= 15 is 0 Å². The number of urea groups is 1. The molecule has 6 rings (SSSR count). The Hall–Kier alpha value is -5.25. The number of rotatable bonds is 9. The Balaban J connectivity index is 1.25. The van der Waals surface area contributed by atoms with E-state index in [1.807, 2.05) is 53.1 Å². The van der Waals surface area contributed by atoms with Gasteiger partial charge in [-0.25, -0.2) is 4.79 Å². The SMILES string of the molecule is COc1ccc(NC(=O)Nc2cc(C(=O)NCCc3ccccc3)ccc2N2CC3CC(C2)c2cccc(=O)n2C3)c(OC)c1. The fourth-order valence-electron chi connectivity index (χ4n) is 6.39. The molecule has 0 radical (unpaired) electrons. The first-order valence-corrected chi connectivity index (χ1v) is 15.1. The van der Waals surface area contributed by atoms with Crippen LogP contribution in [0.2, 0.25) is 0 Å². The zero-order chi connectivity index (χ0) is 31.3. The molecule has 3 amide bonds. The van der Waals surface area contributed by atoms with Gasteiger partial charge in [0.25, 0.3) is 11.5 Å². The van der Waals surface area contributed by atoms with Crippen molar-refractivity contribution in [3.63, 3.8) is 0 Å². The van der Waals surface area contributed by atoms with Crippen molar-refractivity contribution in [2.24, 2.45) is 5.92 Å². The zero-order valence-electron chi connectivity index (χ0n) is 25.4. The van der Waals surface area contributed by atoms with Crippen molar-refractivity contribution in [2.75, 3.05) is 49.4 Å². The van der Waals surface area contributed by atoms with Crippen LogP contribution in [0.1, 0.15) is 34.0 Å². The van der Waals surface area contributed by atoms with Crippen LogP contribution in [0.25, 0.3) is 0 Å². The molecule has 3 aromatic carbocycles. The summed E-state index contributed by atoms with van der Waals surface area (Å²) < 4.78 is 12.6. The molecule has 10 heteroatoms. The second-order valence-electron chi connectivity index (χ2n) is 11.5. The average molecular weight is 608 g/mol. The Morgan fingerprint density at radius 2 is 1.67 bits per heavy atom. The summed E-state index contributed by atoms with van der Waals surface area (Å²) in [6.07, 6.45) is 1.71. The molecule has 45 heavy (non-hydrogen) atoms. The lowest BCUT2D eigenvalue weighted by Crippen LogP contribution is -2.47. The predicted molar refractivity (Wildman–Crippen MR) is 175 cm³/mol. The summed E-state index contributed by atoms with van der Waals surface area (Å²) in [4.78, 5) is 41.4. The highest BCUT2D eigenvalue weighted by atomic mass is 16.5. The Labute approximate surface area is 262 Å². The molecule has 0 saturated carbocycles. The van der Waals surface area contributed by atoms with E-state index in [4.69, 9.17) is 9.47 Å². The second-order valence-corrected chi connectivity index (χ2v) is 11.5. The van der Waals surface area contributed by atoms with Gasteiger partial charge in [-0.15, -0.1) is 0 Å². The van der Waals surface area contributed by atoms with Crippen LogP contribution < -0.4 is 35.9 Å². The maximum atomic E-state index is 13.4. The molecule has 2 aliphatic rings. The van der Waals surface area contributed by atoms with Crippen LogP contribution in [-0.4, -0.2) is 50.4 Å². The lowest BCUT2D eigenvalue weighted by atomic mass is 9.83. The van der Waals surface area contributed by atoms with Crippen LogP contribution in [-0.2, 0) is 13.0 Å². The van der Waals surface area contributed by atoms with Gasteiger partial charge >= 0.3 is 6.03 Å². The first-order valence-electron chi connectivity index (χ1n) is 15.1. The number of pyridine rings is 1. The van der Waals surface area contributed by atoms with E-state index in [0.717, 1.165) is 29.9 Å². The summed E-state index contributed by atoms with van der Waals surface area (Å²) in [7, 11) is 3.09. The van der Waals surface area contributed by atoms with E-state index in [2.05, 4.69) is 20.9 Å². The van der Waals surface area contributed by atoms with Crippen molar-refractivity contribution in [1.82, 2.24) is 9.88 Å². The Morgan fingerprint density at radius 3 is 2.47 bits per heavy atom. The fraction of sp³-hybridized carbons (Fsp3) is 0.286. The number of fused-ring (bicyclic) bond motifs is 4. The number of nitrogens with zero attached hydrogens (tertiary/aromatic N) is 2. The third-order valence-corrected chi connectivity index (χ3v) is 8.53. The molecule has 4 aromatic rings. The molecule has 10 nitrogen and oxygen atoms in total. The number of hydrogen-bond acceptors (Lipinski definition) is 6. The molecule has 2 unspecified atom stereocenters. The Bertz CT molecular complexity index is 1760. The molecular weight excluding hydrogens is 570 g/mol. The van der Waals surface area contributed by atoms with Crippen LogP contribution in [0.15, 0.2) is 89.7 Å². The number of aromatic nitrogens is 1. The molecule has 1 aromatic heterocycles. The smallest absolute Gasteiger partial charge is 0.323 e. The summed E-state index contributed by atoms with van der Waals surface area (Å²) in [6, 6.07) is 25.5. The third-order valence-electron chi connectivity index (χ3n) is 8.53.